The zero-order valence-corrected chi connectivity index (χ0v) is 18.3. The summed E-state index contributed by atoms with van der Waals surface area (Å²) < 4.78 is 28.4. The molecule has 0 radical (unpaired) electrons. The molecule has 2 unspecified atom stereocenters. The topological polar surface area (TPSA) is 100 Å². The standard InChI is InChI=1S/C24H22FN5O4/c1-15-21(34-20-9-5-4-8-19(20)33-15)23(31)26-10-11-30-22-17(12-28-30)24(32)29(14-27-22)13-16-6-2-3-7-18(16)25/h2-9,12,14-15,21H,10-11,13H2,1H3,(H,26,31). The normalized spacial score (nSPS) is 17.0. The molecular formula is C24H22FN5O4. The third kappa shape index (κ3) is 4.09. The van der Waals surface area contributed by atoms with Crippen LogP contribution in [0.15, 0.2) is 65.8 Å². The molecule has 0 aliphatic carbocycles. The maximum absolute atomic E-state index is 14.0. The van der Waals surface area contributed by atoms with Crippen LogP contribution in [0.25, 0.3) is 11.0 Å². The molecule has 2 atom stereocenters. The minimum atomic E-state index is -0.784. The molecule has 1 aliphatic heterocycles. The molecule has 5 rings (SSSR count). The van der Waals surface area contributed by atoms with Crippen molar-refractivity contribution < 1.29 is 18.7 Å². The molecule has 0 saturated carbocycles. The first-order valence-corrected chi connectivity index (χ1v) is 10.9. The Kier molecular flexibility index (Phi) is 5.70. The van der Waals surface area contributed by atoms with E-state index in [9.17, 15) is 14.0 Å². The average Bonchev–Trinajstić information content (AvgIpc) is 3.25. The van der Waals surface area contributed by atoms with Crippen molar-refractivity contribution in [2.24, 2.45) is 0 Å². The number of amides is 1. The van der Waals surface area contributed by atoms with E-state index >= 15 is 0 Å². The van der Waals surface area contributed by atoms with Crippen molar-refractivity contribution in [3.63, 3.8) is 0 Å². The van der Waals surface area contributed by atoms with Crippen LogP contribution in [-0.2, 0) is 17.9 Å². The van der Waals surface area contributed by atoms with Crippen LogP contribution >= 0.6 is 0 Å². The molecule has 9 nitrogen and oxygen atoms in total. The van der Waals surface area contributed by atoms with Crippen LogP contribution in [0.1, 0.15) is 12.5 Å². The number of carbonyl (C=O) groups excluding carboxylic acids is 1. The highest BCUT2D eigenvalue weighted by molar-refractivity contribution is 5.82. The Morgan fingerprint density at radius 2 is 1.85 bits per heavy atom. The van der Waals surface area contributed by atoms with Gasteiger partial charge in [-0.15, -0.1) is 0 Å². The lowest BCUT2D eigenvalue weighted by atomic mass is 10.1. The fourth-order valence-corrected chi connectivity index (χ4v) is 3.88. The van der Waals surface area contributed by atoms with E-state index in [-0.39, 0.29) is 30.4 Å². The average molecular weight is 463 g/mol. The summed E-state index contributed by atoms with van der Waals surface area (Å²) >= 11 is 0. The first kappa shape index (κ1) is 21.6. The molecule has 174 valence electrons. The minimum absolute atomic E-state index is 0.0699. The minimum Gasteiger partial charge on any atom is -0.482 e. The SMILES string of the molecule is CC1Oc2ccccc2OC1C(=O)NCCn1ncc2c(=O)n(Cc3ccccc3F)cnc21. The van der Waals surface area contributed by atoms with Crippen LogP contribution in [0.5, 0.6) is 11.5 Å². The van der Waals surface area contributed by atoms with Crippen molar-refractivity contribution in [2.75, 3.05) is 6.54 Å². The number of benzene rings is 2. The van der Waals surface area contributed by atoms with Gasteiger partial charge in [-0.3, -0.25) is 14.2 Å². The van der Waals surface area contributed by atoms with E-state index in [1.807, 2.05) is 12.1 Å². The number of para-hydroxylation sites is 2. The molecule has 0 bridgehead atoms. The first-order chi connectivity index (χ1) is 16.5. The van der Waals surface area contributed by atoms with Crippen molar-refractivity contribution in [1.29, 1.82) is 0 Å². The summed E-state index contributed by atoms with van der Waals surface area (Å²) in [5.41, 5.74) is 0.471. The Morgan fingerprint density at radius 1 is 1.12 bits per heavy atom. The molecule has 1 N–H and O–H groups in total. The van der Waals surface area contributed by atoms with Gasteiger partial charge in [0.25, 0.3) is 11.5 Å². The number of hydrogen-bond acceptors (Lipinski definition) is 6. The number of rotatable bonds is 6. The maximum atomic E-state index is 14.0. The Hall–Kier alpha value is -4.21. The summed E-state index contributed by atoms with van der Waals surface area (Å²) in [5.74, 6) is 0.438. The van der Waals surface area contributed by atoms with E-state index < -0.39 is 12.2 Å². The van der Waals surface area contributed by atoms with Crippen LogP contribution in [-0.4, -0.2) is 44.0 Å². The number of halogens is 1. The summed E-state index contributed by atoms with van der Waals surface area (Å²) in [6.07, 6.45) is 1.57. The summed E-state index contributed by atoms with van der Waals surface area (Å²) in [6, 6.07) is 13.5. The van der Waals surface area contributed by atoms with Gasteiger partial charge in [-0.25, -0.2) is 14.1 Å². The van der Waals surface area contributed by atoms with Crippen molar-refractivity contribution in [1.82, 2.24) is 24.6 Å². The van der Waals surface area contributed by atoms with Crippen molar-refractivity contribution >= 4 is 16.9 Å². The number of hydrogen-bond donors (Lipinski definition) is 1. The molecule has 0 fully saturated rings. The molecule has 4 aromatic rings. The molecule has 1 amide bonds. The van der Waals surface area contributed by atoms with Gasteiger partial charge in [0, 0.05) is 12.1 Å². The van der Waals surface area contributed by atoms with Crippen molar-refractivity contribution in [3.8, 4) is 11.5 Å². The molecule has 1 aliphatic rings. The highest BCUT2D eigenvalue weighted by atomic mass is 19.1. The lowest BCUT2D eigenvalue weighted by Crippen LogP contribution is -2.49. The molecule has 0 saturated heterocycles. The Bertz CT molecular complexity index is 1420. The van der Waals surface area contributed by atoms with Crippen LogP contribution in [0.4, 0.5) is 4.39 Å². The Morgan fingerprint density at radius 3 is 2.65 bits per heavy atom. The predicted molar refractivity (Wildman–Crippen MR) is 121 cm³/mol. The van der Waals surface area contributed by atoms with Crippen LogP contribution in [0, 0.1) is 5.82 Å². The fourth-order valence-electron chi connectivity index (χ4n) is 3.88. The van der Waals surface area contributed by atoms with E-state index in [0.29, 0.717) is 34.6 Å². The third-order valence-corrected chi connectivity index (χ3v) is 5.64. The molecule has 2 aromatic heterocycles. The smallest absolute Gasteiger partial charge is 0.265 e. The molecular weight excluding hydrogens is 441 g/mol. The second-order valence-electron chi connectivity index (χ2n) is 7.97. The number of ether oxygens (including phenoxy) is 2. The summed E-state index contributed by atoms with van der Waals surface area (Å²) in [5, 5.41) is 7.38. The van der Waals surface area contributed by atoms with E-state index in [2.05, 4.69) is 15.4 Å². The summed E-state index contributed by atoms with van der Waals surface area (Å²) in [6.45, 7) is 2.40. The molecule has 0 spiro atoms. The number of nitrogens with one attached hydrogen (secondary N) is 1. The van der Waals surface area contributed by atoms with Crippen molar-refractivity contribution in [2.45, 2.75) is 32.2 Å². The fraction of sp³-hybridized carbons (Fsp3) is 0.250. The van der Waals surface area contributed by atoms with Gasteiger partial charge in [-0.2, -0.15) is 5.10 Å². The molecule has 10 heteroatoms. The van der Waals surface area contributed by atoms with Gasteiger partial charge in [0.05, 0.1) is 19.3 Å². The lowest BCUT2D eigenvalue weighted by Gasteiger charge is -2.31. The second-order valence-corrected chi connectivity index (χ2v) is 7.97. The maximum Gasteiger partial charge on any atom is 0.265 e. The highest BCUT2D eigenvalue weighted by Crippen LogP contribution is 2.33. The van der Waals surface area contributed by atoms with Gasteiger partial charge in [-0.1, -0.05) is 30.3 Å². The monoisotopic (exact) mass is 463 g/mol. The number of carbonyl (C=O) groups is 1. The molecule has 3 heterocycles. The first-order valence-electron chi connectivity index (χ1n) is 10.9. The number of aromatic nitrogens is 4. The van der Waals surface area contributed by atoms with Gasteiger partial charge in [-0.05, 0) is 25.1 Å². The summed E-state index contributed by atoms with van der Waals surface area (Å²) in [7, 11) is 0. The molecule has 2 aromatic carbocycles. The van der Waals surface area contributed by atoms with Crippen LogP contribution in [0.3, 0.4) is 0 Å². The predicted octanol–water partition coefficient (Wildman–Crippen LogP) is 2.13. The van der Waals surface area contributed by atoms with Gasteiger partial charge in [0.15, 0.2) is 17.1 Å². The second kappa shape index (κ2) is 8.97. The lowest BCUT2D eigenvalue weighted by molar-refractivity contribution is -0.133. The largest absolute Gasteiger partial charge is 0.482 e. The zero-order chi connectivity index (χ0) is 23.7. The molecule has 34 heavy (non-hydrogen) atoms. The number of fused-ring (bicyclic) bond motifs is 2. The van der Waals surface area contributed by atoms with E-state index in [0.717, 1.165) is 0 Å². The van der Waals surface area contributed by atoms with Crippen LogP contribution in [0.2, 0.25) is 0 Å². The van der Waals surface area contributed by atoms with Gasteiger partial charge in [0.1, 0.15) is 23.6 Å². The van der Waals surface area contributed by atoms with Crippen LogP contribution < -0.4 is 20.3 Å². The van der Waals surface area contributed by atoms with Gasteiger partial charge in [0.2, 0.25) is 6.10 Å². The van der Waals surface area contributed by atoms with Gasteiger partial charge >= 0.3 is 0 Å². The third-order valence-electron chi connectivity index (χ3n) is 5.64. The Labute approximate surface area is 193 Å². The quantitative estimate of drug-likeness (QED) is 0.470. The van der Waals surface area contributed by atoms with Gasteiger partial charge < -0.3 is 14.8 Å². The highest BCUT2D eigenvalue weighted by Gasteiger charge is 2.33. The van der Waals surface area contributed by atoms with Crippen molar-refractivity contribution in [3.05, 3.63) is 82.8 Å². The van der Waals surface area contributed by atoms with E-state index in [4.69, 9.17) is 9.47 Å². The Balaban J connectivity index is 1.24. The zero-order valence-electron chi connectivity index (χ0n) is 18.3. The van der Waals surface area contributed by atoms with E-state index in [1.165, 1.54) is 23.2 Å². The summed E-state index contributed by atoms with van der Waals surface area (Å²) in [4.78, 5) is 29.8. The number of nitrogens with zero attached hydrogens (tertiary/aromatic N) is 4. The van der Waals surface area contributed by atoms with E-state index in [1.54, 1.807) is 41.9 Å².